The van der Waals surface area contributed by atoms with Crippen LogP contribution in [0.2, 0.25) is 0 Å². The standard InChI is InChI=1S/C26H25N5O/c32-26(20-10-9-18-5-1-2-6-19(18)17-20)31-15-13-30(14-16-31)25-24(27-21-11-12-21)28-22-7-3-4-8-23(22)29-25/h1-10,17,21H,11-16H2,(H,27,28). The monoisotopic (exact) mass is 423 g/mol. The summed E-state index contributed by atoms with van der Waals surface area (Å²) in [6.07, 6.45) is 2.37. The molecule has 4 aromatic rings. The number of hydrogen-bond donors (Lipinski definition) is 1. The van der Waals surface area contributed by atoms with Crippen LogP contribution < -0.4 is 10.2 Å². The first-order chi connectivity index (χ1) is 15.7. The fourth-order valence-electron chi connectivity index (χ4n) is 4.36. The van der Waals surface area contributed by atoms with Crippen LogP contribution in [0.1, 0.15) is 23.2 Å². The number of para-hydroxylation sites is 2. The average molecular weight is 424 g/mol. The Morgan fingerprint density at radius 1 is 0.812 bits per heavy atom. The van der Waals surface area contributed by atoms with E-state index in [4.69, 9.17) is 9.97 Å². The molecule has 0 radical (unpaired) electrons. The zero-order valence-electron chi connectivity index (χ0n) is 17.9. The molecule has 2 heterocycles. The van der Waals surface area contributed by atoms with E-state index in [1.54, 1.807) is 0 Å². The summed E-state index contributed by atoms with van der Waals surface area (Å²) in [4.78, 5) is 27.2. The van der Waals surface area contributed by atoms with E-state index in [2.05, 4.69) is 22.3 Å². The van der Waals surface area contributed by atoms with E-state index in [0.29, 0.717) is 19.1 Å². The molecule has 2 fully saturated rings. The molecular weight excluding hydrogens is 398 g/mol. The molecule has 0 spiro atoms. The van der Waals surface area contributed by atoms with E-state index in [9.17, 15) is 4.79 Å². The van der Waals surface area contributed by atoms with Gasteiger partial charge >= 0.3 is 0 Å². The van der Waals surface area contributed by atoms with Crippen LogP contribution in [-0.2, 0) is 0 Å². The minimum absolute atomic E-state index is 0.0938. The highest BCUT2D eigenvalue weighted by molar-refractivity contribution is 5.98. The molecule has 3 aromatic carbocycles. The van der Waals surface area contributed by atoms with Gasteiger partial charge in [-0.05, 0) is 47.9 Å². The second-order valence-corrected chi connectivity index (χ2v) is 8.64. The molecule has 0 atom stereocenters. The predicted molar refractivity (Wildman–Crippen MR) is 128 cm³/mol. The van der Waals surface area contributed by atoms with E-state index in [1.807, 2.05) is 59.5 Å². The van der Waals surface area contributed by atoms with Crippen LogP contribution in [0.4, 0.5) is 11.6 Å². The van der Waals surface area contributed by atoms with Gasteiger partial charge in [0.25, 0.3) is 5.91 Å². The van der Waals surface area contributed by atoms with Crippen LogP contribution in [0.3, 0.4) is 0 Å². The topological polar surface area (TPSA) is 61.4 Å². The molecular formula is C26H25N5O. The lowest BCUT2D eigenvalue weighted by Gasteiger charge is -2.36. The summed E-state index contributed by atoms with van der Waals surface area (Å²) in [6.45, 7) is 2.82. The molecule has 160 valence electrons. The molecule has 6 nitrogen and oxygen atoms in total. The number of nitrogens with zero attached hydrogens (tertiary/aromatic N) is 4. The summed E-state index contributed by atoms with van der Waals surface area (Å²) >= 11 is 0. The van der Waals surface area contributed by atoms with Gasteiger partial charge in [0, 0.05) is 37.8 Å². The highest BCUT2D eigenvalue weighted by Gasteiger charge is 2.28. The van der Waals surface area contributed by atoms with Crippen molar-refractivity contribution in [3.05, 3.63) is 72.3 Å². The van der Waals surface area contributed by atoms with Crippen LogP contribution in [0.5, 0.6) is 0 Å². The van der Waals surface area contributed by atoms with Gasteiger partial charge in [-0.15, -0.1) is 0 Å². The van der Waals surface area contributed by atoms with Crippen molar-refractivity contribution in [2.45, 2.75) is 18.9 Å². The molecule has 1 amide bonds. The Morgan fingerprint density at radius 2 is 1.50 bits per heavy atom. The number of hydrogen-bond acceptors (Lipinski definition) is 5. The molecule has 1 aliphatic carbocycles. The lowest BCUT2D eigenvalue weighted by Crippen LogP contribution is -2.49. The second-order valence-electron chi connectivity index (χ2n) is 8.64. The fourth-order valence-corrected chi connectivity index (χ4v) is 4.36. The number of nitrogens with one attached hydrogen (secondary N) is 1. The van der Waals surface area contributed by atoms with Crippen LogP contribution >= 0.6 is 0 Å². The predicted octanol–water partition coefficient (Wildman–Crippen LogP) is 4.32. The number of benzene rings is 3. The summed E-state index contributed by atoms with van der Waals surface area (Å²) in [5.74, 6) is 1.85. The average Bonchev–Trinajstić information content (AvgIpc) is 3.67. The summed E-state index contributed by atoms with van der Waals surface area (Å²) < 4.78 is 0. The Balaban J connectivity index is 1.22. The SMILES string of the molecule is O=C(c1ccc2ccccc2c1)N1CCN(c2nc3ccccc3nc2NC2CC2)CC1. The van der Waals surface area contributed by atoms with Gasteiger partial charge in [-0.1, -0.05) is 42.5 Å². The van der Waals surface area contributed by atoms with Crippen molar-refractivity contribution < 1.29 is 4.79 Å². The maximum absolute atomic E-state index is 13.1. The zero-order valence-corrected chi connectivity index (χ0v) is 17.9. The Hall–Kier alpha value is -3.67. The first kappa shape index (κ1) is 19.0. The summed E-state index contributed by atoms with van der Waals surface area (Å²) in [5, 5.41) is 5.80. The third kappa shape index (κ3) is 3.62. The van der Waals surface area contributed by atoms with Gasteiger partial charge in [0.05, 0.1) is 11.0 Å². The smallest absolute Gasteiger partial charge is 0.253 e. The summed E-state index contributed by atoms with van der Waals surface area (Å²) in [7, 11) is 0. The highest BCUT2D eigenvalue weighted by atomic mass is 16.2. The van der Waals surface area contributed by atoms with E-state index < -0.39 is 0 Å². The normalized spacial score (nSPS) is 16.5. The number of carbonyl (C=O) groups excluding carboxylic acids is 1. The molecule has 1 aromatic heterocycles. The summed E-state index contributed by atoms with van der Waals surface area (Å²) in [5.41, 5.74) is 2.56. The number of anilines is 2. The lowest BCUT2D eigenvalue weighted by molar-refractivity contribution is 0.0746. The second kappa shape index (κ2) is 7.79. The molecule has 1 aliphatic heterocycles. The van der Waals surface area contributed by atoms with E-state index >= 15 is 0 Å². The van der Waals surface area contributed by atoms with Gasteiger partial charge in [0.2, 0.25) is 0 Å². The van der Waals surface area contributed by atoms with Crippen molar-refractivity contribution in [3.8, 4) is 0 Å². The Morgan fingerprint density at radius 3 is 2.25 bits per heavy atom. The Kier molecular flexibility index (Phi) is 4.63. The molecule has 0 bridgehead atoms. The quantitative estimate of drug-likeness (QED) is 0.530. The van der Waals surface area contributed by atoms with E-state index in [0.717, 1.165) is 52.1 Å². The number of carbonyl (C=O) groups is 1. The van der Waals surface area contributed by atoms with Crippen LogP contribution in [0.15, 0.2) is 66.7 Å². The van der Waals surface area contributed by atoms with Crippen LogP contribution in [-0.4, -0.2) is 53.0 Å². The third-order valence-corrected chi connectivity index (χ3v) is 6.33. The lowest BCUT2D eigenvalue weighted by atomic mass is 10.1. The molecule has 0 unspecified atom stereocenters. The summed E-state index contributed by atoms with van der Waals surface area (Å²) in [6, 6.07) is 22.6. The van der Waals surface area contributed by atoms with Crippen molar-refractivity contribution in [1.82, 2.24) is 14.9 Å². The fraction of sp³-hybridized carbons (Fsp3) is 0.269. The molecule has 1 saturated carbocycles. The van der Waals surface area contributed by atoms with E-state index in [1.165, 1.54) is 12.8 Å². The van der Waals surface area contributed by atoms with Gasteiger partial charge in [-0.2, -0.15) is 0 Å². The Labute approximate surface area is 186 Å². The maximum atomic E-state index is 13.1. The highest BCUT2D eigenvalue weighted by Crippen LogP contribution is 2.31. The zero-order chi connectivity index (χ0) is 21.5. The molecule has 1 saturated heterocycles. The Bertz CT molecular complexity index is 1310. The van der Waals surface area contributed by atoms with Crippen molar-refractivity contribution in [1.29, 1.82) is 0 Å². The molecule has 6 rings (SSSR count). The largest absolute Gasteiger partial charge is 0.364 e. The van der Waals surface area contributed by atoms with Gasteiger partial charge < -0.3 is 15.1 Å². The minimum atomic E-state index is 0.0938. The molecule has 2 aliphatic rings. The first-order valence-corrected chi connectivity index (χ1v) is 11.3. The van der Waals surface area contributed by atoms with Crippen molar-refractivity contribution in [2.24, 2.45) is 0 Å². The number of amides is 1. The minimum Gasteiger partial charge on any atom is -0.364 e. The first-order valence-electron chi connectivity index (χ1n) is 11.3. The number of fused-ring (bicyclic) bond motifs is 2. The van der Waals surface area contributed by atoms with Gasteiger partial charge in [0.15, 0.2) is 11.6 Å². The van der Waals surface area contributed by atoms with Crippen molar-refractivity contribution >= 4 is 39.3 Å². The third-order valence-electron chi connectivity index (χ3n) is 6.33. The number of aromatic nitrogens is 2. The molecule has 32 heavy (non-hydrogen) atoms. The molecule has 1 N–H and O–H groups in total. The maximum Gasteiger partial charge on any atom is 0.253 e. The number of piperazine rings is 1. The van der Waals surface area contributed by atoms with Crippen LogP contribution in [0, 0.1) is 0 Å². The van der Waals surface area contributed by atoms with Gasteiger partial charge in [-0.3, -0.25) is 4.79 Å². The van der Waals surface area contributed by atoms with Crippen LogP contribution in [0.25, 0.3) is 21.8 Å². The van der Waals surface area contributed by atoms with Gasteiger partial charge in [-0.25, -0.2) is 9.97 Å². The van der Waals surface area contributed by atoms with Gasteiger partial charge in [0.1, 0.15) is 0 Å². The van der Waals surface area contributed by atoms with Crippen molar-refractivity contribution in [3.63, 3.8) is 0 Å². The van der Waals surface area contributed by atoms with E-state index in [-0.39, 0.29) is 5.91 Å². The molecule has 6 heteroatoms. The number of rotatable bonds is 4. The van der Waals surface area contributed by atoms with Crippen molar-refractivity contribution in [2.75, 3.05) is 36.4 Å².